The van der Waals surface area contributed by atoms with Crippen molar-refractivity contribution in [1.82, 2.24) is 0 Å². The summed E-state index contributed by atoms with van der Waals surface area (Å²) in [4.78, 5) is 0. The van der Waals surface area contributed by atoms with Crippen LogP contribution in [0.25, 0.3) is 22.3 Å². The van der Waals surface area contributed by atoms with Gasteiger partial charge in [0, 0.05) is 0 Å². The molecule has 0 heteroatoms. The van der Waals surface area contributed by atoms with Crippen molar-refractivity contribution in [2.24, 2.45) is 0 Å². The van der Waals surface area contributed by atoms with Crippen LogP contribution in [0.2, 0.25) is 0 Å². The summed E-state index contributed by atoms with van der Waals surface area (Å²) in [6.45, 7) is 4.24. The van der Waals surface area contributed by atoms with Gasteiger partial charge in [0.2, 0.25) is 0 Å². The molecule has 20 heavy (non-hydrogen) atoms. The van der Waals surface area contributed by atoms with E-state index in [0.717, 1.165) is 0 Å². The van der Waals surface area contributed by atoms with E-state index in [2.05, 4.69) is 86.6 Å². The Labute approximate surface area is 120 Å². The van der Waals surface area contributed by atoms with Crippen LogP contribution in [0.4, 0.5) is 0 Å². The molecule has 0 fully saturated rings. The monoisotopic (exact) mass is 258 g/mol. The van der Waals surface area contributed by atoms with E-state index < -0.39 is 0 Å². The van der Waals surface area contributed by atoms with E-state index >= 15 is 0 Å². The molecule has 0 aliphatic carbocycles. The highest BCUT2D eigenvalue weighted by molar-refractivity contribution is 5.73. The molecule has 0 spiro atoms. The largest absolute Gasteiger partial charge is 0.0610 e. The maximum absolute atomic E-state index is 2.26. The van der Waals surface area contributed by atoms with E-state index in [1.807, 2.05) is 0 Å². The fourth-order valence-electron chi connectivity index (χ4n) is 2.37. The highest BCUT2D eigenvalue weighted by Gasteiger charge is 2.01. The van der Waals surface area contributed by atoms with E-state index in [0.29, 0.717) is 0 Å². The van der Waals surface area contributed by atoms with Gasteiger partial charge in [0.05, 0.1) is 0 Å². The smallest absolute Gasteiger partial charge is 0.0178 e. The first-order valence-corrected chi connectivity index (χ1v) is 6.96. The molecule has 3 aromatic rings. The SMILES string of the molecule is Cc1ccc(-c2cccc(-c3ccc(C)cc3)c2)cc1. The molecule has 0 saturated heterocycles. The van der Waals surface area contributed by atoms with Crippen molar-refractivity contribution >= 4 is 0 Å². The van der Waals surface area contributed by atoms with Crippen molar-refractivity contribution in [2.45, 2.75) is 13.8 Å². The molecule has 98 valence electrons. The Balaban J connectivity index is 2.01. The van der Waals surface area contributed by atoms with Crippen molar-refractivity contribution < 1.29 is 0 Å². The second-order valence-electron chi connectivity index (χ2n) is 5.31. The molecular formula is C20H18. The highest BCUT2D eigenvalue weighted by Crippen LogP contribution is 2.26. The molecule has 0 N–H and O–H groups in total. The van der Waals surface area contributed by atoms with Crippen molar-refractivity contribution in [3.8, 4) is 22.3 Å². The van der Waals surface area contributed by atoms with Crippen molar-refractivity contribution in [3.63, 3.8) is 0 Å². The lowest BCUT2D eigenvalue weighted by Crippen LogP contribution is -1.82. The summed E-state index contributed by atoms with van der Waals surface area (Å²) in [5, 5.41) is 0. The Morgan fingerprint density at radius 2 is 0.850 bits per heavy atom. The van der Waals surface area contributed by atoms with Crippen LogP contribution in [0, 0.1) is 13.8 Å². The third-order valence-corrected chi connectivity index (χ3v) is 3.63. The molecular weight excluding hydrogens is 240 g/mol. The van der Waals surface area contributed by atoms with Gasteiger partial charge >= 0.3 is 0 Å². The molecule has 0 aromatic heterocycles. The second-order valence-corrected chi connectivity index (χ2v) is 5.31. The molecule has 0 bridgehead atoms. The first-order valence-electron chi connectivity index (χ1n) is 6.96. The topological polar surface area (TPSA) is 0 Å². The van der Waals surface area contributed by atoms with Gasteiger partial charge in [0.25, 0.3) is 0 Å². The van der Waals surface area contributed by atoms with Gasteiger partial charge in [-0.2, -0.15) is 0 Å². The molecule has 3 rings (SSSR count). The van der Waals surface area contributed by atoms with Gasteiger partial charge in [0.15, 0.2) is 0 Å². The maximum Gasteiger partial charge on any atom is -0.0178 e. The lowest BCUT2D eigenvalue weighted by atomic mass is 9.98. The fourth-order valence-corrected chi connectivity index (χ4v) is 2.37. The summed E-state index contributed by atoms with van der Waals surface area (Å²) in [6.07, 6.45) is 0. The molecule has 0 aliphatic heterocycles. The molecule has 0 atom stereocenters. The molecule has 0 radical (unpaired) electrons. The summed E-state index contributed by atoms with van der Waals surface area (Å²) in [5.41, 5.74) is 7.66. The second kappa shape index (κ2) is 5.34. The van der Waals surface area contributed by atoms with Crippen LogP contribution < -0.4 is 0 Å². The number of aryl methyl sites for hydroxylation is 2. The van der Waals surface area contributed by atoms with Gasteiger partial charge in [-0.15, -0.1) is 0 Å². The van der Waals surface area contributed by atoms with E-state index in [9.17, 15) is 0 Å². The van der Waals surface area contributed by atoms with Gasteiger partial charge in [-0.05, 0) is 42.2 Å². The van der Waals surface area contributed by atoms with Gasteiger partial charge in [0.1, 0.15) is 0 Å². The van der Waals surface area contributed by atoms with Crippen LogP contribution in [0.5, 0.6) is 0 Å². The average Bonchev–Trinajstić information content (AvgIpc) is 2.49. The van der Waals surface area contributed by atoms with Crippen molar-refractivity contribution in [3.05, 3.63) is 83.9 Å². The lowest BCUT2D eigenvalue weighted by molar-refractivity contribution is 1.46. The molecule has 0 amide bonds. The van der Waals surface area contributed by atoms with Crippen molar-refractivity contribution in [2.75, 3.05) is 0 Å². The third kappa shape index (κ3) is 2.65. The molecule has 0 nitrogen and oxygen atoms in total. The quantitative estimate of drug-likeness (QED) is 0.558. The summed E-state index contributed by atoms with van der Waals surface area (Å²) >= 11 is 0. The number of hydrogen-bond donors (Lipinski definition) is 0. The van der Waals surface area contributed by atoms with E-state index in [1.165, 1.54) is 33.4 Å². The minimum absolute atomic E-state index is 1.27. The predicted octanol–water partition coefficient (Wildman–Crippen LogP) is 5.64. The van der Waals surface area contributed by atoms with E-state index in [1.54, 1.807) is 0 Å². The molecule has 0 aliphatic rings. The zero-order valence-electron chi connectivity index (χ0n) is 11.9. The minimum Gasteiger partial charge on any atom is -0.0610 e. The Bertz CT molecular complexity index is 643. The lowest BCUT2D eigenvalue weighted by Gasteiger charge is -2.07. The van der Waals surface area contributed by atoms with Gasteiger partial charge < -0.3 is 0 Å². The first-order chi connectivity index (χ1) is 9.72. The van der Waals surface area contributed by atoms with Gasteiger partial charge in [-0.3, -0.25) is 0 Å². The summed E-state index contributed by atoms with van der Waals surface area (Å²) in [7, 11) is 0. The summed E-state index contributed by atoms with van der Waals surface area (Å²) < 4.78 is 0. The number of rotatable bonds is 2. The number of hydrogen-bond acceptors (Lipinski definition) is 0. The summed E-state index contributed by atoms with van der Waals surface area (Å²) in [5.74, 6) is 0. The van der Waals surface area contributed by atoms with Crippen molar-refractivity contribution in [1.29, 1.82) is 0 Å². The average molecular weight is 258 g/mol. The van der Waals surface area contributed by atoms with Crippen LogP contribution in [-0.4, -0.2) is 0 Å². The molecule has 0 heterocycles. The molecule has 3 aromatic carbocycles. The first kappa shape index (κ1) is 12.7. The summed E-state index contributed by atoms with van der Waals surface area (Å²) in [6, 6.07) is 26.1. The third-order valence-electron chi connectivity index (χ3n) is 3.63. The Kier molecular flexibility index (Phi) is 3.39. The zero-order valence-corrected chi connectivity index (χ0v) is 11.9. The predicted molar refractivity (Wildman–Crippen MR) is 86.8 cm³/mol. The van der Waals surface area contributed by atoms with Crippen LogP contribution >= 0.6 is 0 Å². The van der Waals surface area contributed by atoms with Crippen LogP contribution in [0.1, 0.15) is 11.1 Å². The zero-order chi connectivity index (χ0) is 13.9. The van der Waals surface area contributed by atoms with E-state index in [4.69, 9.17) is 0 Å². The Morgan fingerprint density at radius 1 is 0.450 bits per heavy atom. The van der Waals surface area contributed by atoms with E-state index in [-0.39, 0.29) is 0 Å². The highest BCUT2D eigenvalue weighted by atomic mass is 14.1. The van der Waals surface area contributed by atoms with Crippen LogP contribution in [0.15, 0.2) is 72.8 Å². The maximum atomic E-state index is 2.26. The molecule has 0 saturated carbocycles. The fraction of sp³-hybridized carbons (Fsp3) is 0.100. The van der Waals surface area contributed by atoms with Crippen LogP contribution in [-0.2, 0) is 0 Å². The normalized spacial score (nSPS) is 10.5. The Hall–Kier alpha value is -2.34. The number of benzene rings is 3. The van der Waals surface area contributed by atoms with Gasteiger partial charge in [-0.25, -0.2) is 0 Å². The standard InChI is InChI=1S/C20H18/c1-15-6-10-17(11-7-15)19-4-3-5-20(14-19)18-12-8-16(2)9-13-18/h3-14H,1-2H3. The molecule has 0 unspecified atom stereocenters. The Morgan fingerprint density at radius 3 is 1.25 bits per heavy atom. The minimum atomic E-state index is 1.27. The van der Waals surface area contributed by atoms with Crippen LogP contribution in [0.3, 0.4) is 0 Å². The van der Waals surface area contributed by atoms with Gasteiger partial charge in [-0.1, -0.05) is 77.9 Å².